The minimum Gasteiger partial charge on any atom is -0.372 e. The Bertz CT molecular complexity index is 598. The van der Waals surface area contributed by atoms with Crippen LogP contribution in [0.25, 0.3) is 0 Å². The first-order chi connectivity index (χ1) is 9.10. The number of aryl methyl sites for hydroxylation is 1. The summed E-state index contributed by atoms with van der Waals surface area (Å²) in [6, 6.07) is 8.93. The van der Waals surface area contributed by atoms with Gasteiger partial charge in [0.2, 0.25) is 0 Å². The number of aromatic nitrogens is 2. The predicted molar refractivity (Wildman–Crippen MR) is 78.4 cm³/mol. The van der Waals surface area contributed by atoms with Crippen LogP contribution in [-0.4, -0.2) is 23.2 Å². The zero-order chi connectivity index (χ0) is 13.8. The number of benzene rings is 1. The normalized spacial score (nSPS) is 10.1. The van der Waals surface area contributed by atoms with Crippen molar-refractivity contribution in [2.75, 3.05) is 17.7 Å². The molecule has 0 bridgehead atoms. The van der Waals surface area contributed by atoms with Crippen molar-refractivity contribution < 1.29 is 4.79 Å². The molecule has 0 aliphatic rings. The topological polar surface area (TPSA) is 66.9 Å². The minimum absolute atomic E-state index is 0.277. The van der Waals surface area contributed by atoms with Crippen molar-refractivity contribution in [3.8, 4) is 0 Å². The summed E-state index contributed by atoms with van der Waals surface area (Å²) in [5.74, 6) is 0.341. The second kappa shape index (κ2) is 5.79. The Balaban J connectivity index is 2.13. The van der Waals surface area contributed by atoms with Gasteiger partial charge in [0.25, 0.3) is 5.91 Å². The number of halogens is 1. The molecule has 0 atom stereocenters. The molecule has 98 valence electrons. The van der Waals surface area contributed by atoms with Gasteiger partial charge in [-0.3, -0.25) is 4.79 Å². The van der Waals surface area contributed by atoms with Crippen molar-refractivity contribution in [1.29, 1.82) is 0 Å². The lowest BCUT2D eigenvalue weighted by atomic mass is 10.2. The van der Waals surface area contributed by atoms with E-state index < -0.39 is 0 Å². The van der Waals surface area contributed by atoms with Crippen LogP contribution in [0.3, 0.4) is 0 Å². The molecule has 5 nitrogen and oxygen atoms in total. The van der Waals surface area contributed by atoms with Crippen LogP contribution in [0, 0.1) is 6.92 Å². The van der Waals surface area contributed by atoms with Crippen LogP contribution >= 0.6 is 15.9 Å². The Morgan fingerprint density at radius 3 is 2.58 bits per heavy atom. The molecule has 1 amide bonds. The predicted octanol–water partition coefficient (Wildman–Crippen LogP) is 2.84. The van der Waals surface area contributed by atoms with Gasteiger partial charge >= 0.3 is 0 Å². The summed E-state index contributed by atoms with van der Waals surface area (Å²) in [7, 11) is 1.74. The Labute approximate surface area is 119 Å². The van der Waals surface area contributed by atoms with Crippen LogP contribution in [0.15, 0.2) is 34.8 Å². The molecule has 0 saturated heterocycles. The van der Waals surface area contributed by atoms with E-state index in [1.165, 1.54) is 0 Å². The monoisotopic (exact) mass is 320 g/mol. The lowest BCUT2D eigenvalue weighted by molar-refractivity contribution is 0.102. The van der Waals surface area contributed by atoms with Gasteiger partial charge in [0.1, 0.15) is 5.82 Å². The van der Waals surface area contributed by atoms with Crippen LogP contribution < -0.4 is 10.6 Å². The van der Waals surface area contributed by atoms with Crippen molar-refractivity contribution in [2.24, 2.45) is 0 Å². The number of amides is 1. The van der Waals surface area contributed by atoms with Gasteiger partial charge in [-0.1, -0.05) is 15.9 Å². The molecule has 19 heavy (non-hydrogen) atoms. The van der Waals surface area contributed by atoms with E-state index in [9.17, 15) is 4.79 Å². The summed E-state index contributed by atoms with van der Waals surface area (Å²) in [4.78, 5) is 12.0. The number of nitrogens with zero attached hydrogens (tertiary/aromatic N) is 2. The molecule has 0 radical (unpaired) electrons. The average molecular weight is 321 g/mol. The Hall–Kier alpha value is -1.95. The molecule has 0 saturated carbocycles. The number of hydrogen-bond acceptors (Lipinski definition) is 4. The zero-order valence-corrected chi connectivity index (χ0v) is 12.2. The van der Waals surface area contributed by atoms with E-state index in [0.717, 1.165) is 15.7 Å². The molecule has 1 aromatic carbocycles. The van der Waals surface area contributed by atoms with E-state index in [1.54, 1.807) is 19.2 Å². The molecule has 6 heteroatoms. The third kappa shape index (κ3) is 3.29. The van der Waals surface area contributed by atoms with Gasteiger partial charge < -0.3 is 10.6 Å². The highest BCUT2D eigenvalue weighted by Gasteiger charge is 2.09. The highest BCUT2D eigenvalue weighted by Crippen LogP contribution is 2.20. The Morgan fingerprint density at radius 1 is 1.21 bits per heavy atom. The van der Waals surface area contributed by atoms with Crippen LogP contribution in [-0.2, 0) is 0 Å². The molecule has 1 heterocycles. The van der Waals surface area contributed by atoms with Gasteiger partial charge in [-0.05, 0) is 42.8 Å². The Morgan fingerprint density at radius 2 is 2.00 bits per heavy atom. The van der Waals surface area contributed by atoms with E-state index >= 15 is 0 Å². The summed E-state index contributed by atoms with van der Waals surface area (Å²) in [5.41, 5.74) is 2.05. The standard InChI is InChI=1S/C13H13BrN4O/c1-8-7-9(3-4-10(8)14)16-13(19)11-5-6-12(15-2)18-17-11/h3-7H,1-2H3,(H,15,18)(H,16,19). The maximum Gasteiger partial charge on any atom is 0.276 e. The SMILES string of the molecule is CNc1ccc(C(=O)Nc2ccc(Br)c(C)c2)nn1. The molecule has 2 rings (SSSR count). The van der Waals surface area contributed by atoms with Crippen LogP contribution in [0.5, 0.6) is 0 Å². The second-order valence-corrected chi connectivity index (χ2v) is 4.83. The molecule has 2 aromatic rings. The van der Waals surface area contributed by atoms with Crippen LogP contribution in [0.4, 0.5) is 11.5 Å². The van der Waals surface area contributed by atoms with Crippen molar-refractivity contribution in [1.82, 2.24) is 10.2 Å². The summed E-state index contributed by atoms with van der Waals surface area (Å²) >= 11 is 3.41. The Kier molecular flexibility index (Phi) is 4.11. The summed E-state index contributed by atoms with van der Waals surface area (Å²) in [6.45, 7) is 1.96. The molecule has 0 aliphatic carbocycles. The van der Waals surface area contributed by atoms with E-state index in [1.807, 2.05) is 25.1 Å². The van der Waals surface area contributed by atoms with E-state index in [4.69, 9.17) is 0 Å². The second-order valence-electron chi connectivity index (χ2n) is 3.97. The molecule has 1 aromatic heterocycles. The number of hydrogen-bond donors (Lipinski definition) is 2. The third-order valence-electron chi connectivity index (χ3n) is 2.57. The highest BCUT2D eigenvalue weighted by atomic mass is 79.9. The molecule has 0 unspecified atom stereocenters. The van der Waals surface area contributed by atoms with Gasteiger partial charge in [0, 0.05) is 17.2 Å². The fourth-order valence-electron chi connectivity index (χ4n) is 1.50. The molecule has 0 aliphatic heterocycles. The van der Waals surface area contributed by atoms with Crippen molar-refractivity contribution >= 4 is 33.3 Å². The lowest BCUT2D eigenvalue weighted by Crippen LogP contribution is -2.14. The van der Waals surface area contributed by atoms with Crippen molar-refractivity contribution in [3.05, 3.63) is 46.1 Å². The fraction of sp³-hybridized carbons (Fsp3) is 0.154. The first-order valence-corrected chi connectivity index (χ1v) is 6.48. The maximum absolute atomic E-state index is 12.0. The van der Waals surface area contributed by atoms with Gasteiger partial charge in [-0.15, -0.1) is 10.2 Å². The summed E-state index contributed by atoms with van der Waals surface area (Å²) in [5, 5.41) is 13.3. The maximum atomic E-state index is 12.0. The number of rotatable bonds is 3. The van der Waals surface area contributed by atoms with Gasteiger partial charge in [-0.2, -0.15) is 0 Å². The molecule has 0 spiro atoms. The number of nitrogens with one attached hydrogen (secondary N) is 2. The summed E-state index contributed by atoms with van der Waals surface area (Å²) in [6.07, 6.45) is 0. The van der Waals surface area contributed by atoms with Crippen LogP contribution in [0.1, 0.15) is 16.1 Å². The third-order valence-corrected chi connectivity index (χ3v) is 3.46. The first-order valence-electron chi connectivity index (χ1n) is 5.69. The van der Waals surface area contributed by atoms with Crippen LogP contribution in [0.2, 0.25) is 0 Å². The van der Waals surface area contributed by atoms with Gasteiger partial charge in [0.05, 0.1) is 0 Å². The largest absolute Gasteiger partial charge is 0.372 e. The molecular formula is C13H13BrN4O. The highest BCUT2D eigenvalue weighted by molar-refractivity contribution is 9.10. The number of carbonyl (C=O) groups is 1. The fourth-order valence-corrected chi connectivity index (χ4v) is 1.75. The average Bonchev–Trinajstić information content (AvgIpc) is 2.43. The molecule has 2 N–H and O–H groups in total. The van der Waals surface area contributed by atoms with Gasteiger partial charge in [0.15, 0.2) is 5.69 Å². The smallest absolute Gasteiger partial charge is 0.276 e. The lowest BCUT2D eigenvalue weighted by Gasteiger charge is -2.06. The molecule has 0 fully saturated rings. The van der Waals surface area contributed by atoms with E-state index in [2.05, 4.69) is 36.8 Å². The summed E-state index contributed by atoms with van der Waals surface area (Å²) < 4.78 is 1.00. The number of carbonyl (C=O) groups excluding carboxylic acids is 1. The van der Waals surface area contributed by atoms with Gasteiger partial charge in [-0.25, -0.2) is 0 Å². The molecular weight excluding hydrogens is 308 g/mol. The van der Waals surface area contributed by atoms with E-state index in [0.29, 0.717) is 5.82 Å². The quantitative estimate of drug-likeness (QED) is 0.912. The number of anilines is 2. The first kappa shape index (κ1) is 13.5. The van der Waals surface area contributed by atoms with Crippen molar-refractivity contribution in [3.63, 3.8) is 0 Å². The zero-order valence-electron chi connectivity index (χ0n) is 10.6. The van der Waals surface area contributed by atoms with E-state index in [-0.39, 0.29) is 11.6 Å². The van der Waals surface area contributed by atoms with Crippen molar-refractivity contribution in [2.45, 2.75) is 6.92 Å². The minimum atomic E-state index is -0.281.